The highest BCUT2D eigenvalue weighted by molar-refractivity contribution is 6.34. The fourth-order valence-electron chi connectivity index (χ4n) is 2.26. The summed E-state index contributed by atoms with van der Waals surface area (Å²) in [7, 11) is 0. The maximum Gasteiger partial charge on any atom is 0.255 e. The molecule has 7 nitrogen and oxygen atoms in total. The van der Waals surface area contributed by atoms with Gasteiger partial charge in [-0.2, -0.15) is 0 Å². The van der Waals surface area contributed by atoms with Crippen LogP contribution in [0.3, 0.4) is 0 Å². The van der Waals surface area contributed by atoms with Gasteiger partial charge in [0.25, 0.3) is 11.8 Å². The topological polar surface area (TPSA) is 100 Å². The van der Waals surface area contributed by atoms with Crippen molar-refractivity contribution in [1.29, 1.82) is 0 Å². The minimum absolute atomic E-state index is 0.226. The molecule has 8 heteroatoms. The smallest absolute Gasteiger partial charge is 0.255 e. The number of amides is 3. The van der Waals surface area contributed by atoms with E-state index in [9.17, 15) is 14.4 Å². The molecule has 1 heterocycles. The van der Waals surface area contributed by atoms with Crippen LogP contribution in [0.2, 0.25) is 5.02 Å². The van der Waals surface area contributed by atoms with Crippen LogP contribution in [-0.2, 0) is 4.79 Å². The molecule has 1 aromatic heterocycles. The third-order valence-corrected chi connectivity index (χ3v) is 4.23. The summed E-state index contributed by atoms with van der Waals surface area (Å²) < 4.78 is 4.84. The third kappa shape index (κ3) is 4.43. The Labute approximate surface area is 155 Å². The molecule has 0 spiro atoms. The molecule has 0 radical (unpaired) electrons. The Morgan fingerprint density at radius 3 is 2.58 bits per heavy atom. The monoisotopic (exact) mass is 375 g/mol. The number of hydrogen-bond acceptors (Lipinski definition) is 4. The summed E-state index contributed by atoms with van der Waals surface area (Å²) in [5.41, 5.74) is 1.13. The first-order chi connectivity index (χ1) is 12.4. The van der Waals surface area contributed by atoms with Gasteiger partial charge in [-0.15, -0.1) is 0 Å². The van der Waals surface area contributed by atoms with Gasteiger partial charge >= 0.3 is 0 Å². The van der Waals surface area contributed by atoms with Gasteiger partial charge in [0, 0.05) is 11.7 Å². The van der Waals surface area contributed by atoms with Crippen LogP contribution in [0.4, 0.5) is 5.69 Å². The van der Waals surface area contributed by atoms with Crippen molar-refractivity contribution in [3.8, 4) is 0 Å². The second-order valence-electron chi connectivity index (χ2n) is 6.14. The van der Waals surface area contributed by atoms with Crippen LogP contribution in [-0.4, -0.2) is 29.8 Å². The Balaban J connectivity index is 1.58. The molecule has 0 unspecified atom stereocenters. The van der Waals surface area contributed by atoms with Crippen LogP contribution in [0.1, 0.15) is 40.5 Å². The van der Waals surface area contributed by atoms with Gasteiger partial charge in [-0.3, -0.25) is 14.4 Å². The standard InChI is InChI=1S/C18H18ClN3O4/c1-10(20-17(24)11-6-7-26-9-11)16(23)22-13-4-5-14(15(19)8-13)18(25)21-12-2-3-12/h4-10,12H,2-3H2,1H3,(H,20,24)(H,21,25)(H,22,23)/t10-/m1/s1. The van der Waals surface area contributed by atoms with Crippen LogP contribution in [0.25, 0.3) is 0 Å². The Morgan fingerprint density at radius 2 is 1.96 bits per heavy atom. The number of benzene rings is 1. The average molecular weight is 376 g/mol. The summed E-state index contributed by atoms with van der Waals surface area (Å²) in [6, 6.07) is 5.63. The molecule has 1 fully saturated rings. The van der Waals surface area contributed by atoms with Crippen molar-refractivity contribution in [2.45, 2.75) is 31.8 Å². The van der Waals surface area contributed by atoms with E-state index in [1.54, 1.807) is 19.1 Å². The van der Waals surface area contributed by atoms with E-state index < -0.39 is 17.9 Å². The van der Waals surface area contributed by atoms with E-state index in [2.05, 4.69) is 16.0 Å². The third-order valence-electron chi connectivity index (χ3n) is 3.92. The van der Waals surface area contributed by atoms with Crippen molar-refractivity contribution < 1.29 is 18.8 Å². The van der Waals surface area contributed by atoms with Crippen LogP contribution in [0, 0.1) is 0 Å². The molecule has 26 heavy (non-hydrogen) atoms. The lowest BCUT2D eigenvalue weighted by Crippen LogP contribution is -2.41. The fourth-order valence-corrected chi connectivity index (χ4v) is 2.52. The summed E-state index contributed by atoms with van der Waals surface area (Å²) in [6.07, 6.45) is 4.65. The molecule has 1 aromatic carbocycles. The van der Waals surface area contributed by atoms with Crippen LogP contribution < -0.4 is 16.0 Å². The lowest BCUT2D eigenvalue weighted by molar-refractivity contribution is -0.117. The Morgan fingerprint density at radius 1 is 1.19 bits per heavy atom. The van der Waals surface area contributed by atoms with E-state index in [-0.39, 0.29) is 17.0 Å². The van der Waals surface area contributed by atoms with E-state index in [1.807, 2.05) is 0 Å². The fraction of sp³-hybridized carbons (Fsp3) is 0.278. The van der Waals surface area contributed by atoms with Gasteiger partial charge in [-0.1, -0.05) is 11.6 Å². The molecule has 1 saturated carbocycles. The number of carbonyl (C=O) groups excluding carboxylic acids is 3. The van der Waals surface area contributed by atoms with Crippen molar-refractivity contribution in [3.05, 3.63) is 52.9 Å². The number of anilines is 1. The van der Waals surface area contributed by atoms with E-state index in [0.29, 0.717) is 16.8 Å². The maximum atomic E-state index is 12.2. The molecular formula is C18H18ClN3O4. The Hall–Kier alpha value is -2.80. The maximum absolute atomic E-state index is 12.2. The Bertz CT molecular complexity index is 831. The van der Waals surface area contributed by atoms with Gasteiger partial charge in [-0.25, -0.2) is 0 Å². The number of rotatable bonds is 6. The first-order valence-electron chi connectivity index (χ1n) is 8.18. The number of halogens is 1. The van der Waals surface area contributed by atoms with E-state index in [1.165, 1.54) is 24.7 Å². The molecule has 0 saturated heterocycles. The van der Waals surface area contributed by atoms with E-state index in [4.69, 9.17) is 16.0 Å². The van der Waals surface area contributed by atoms with Crippen molar-refractivity contribution >= 4 is 35.0 Å². The van der Waals surface area contributed by atoms with Crippen LogP contribution >= 0.6 is 11.6 Å². The summed E-state index contributed by atoms with van der Waals surface area (Å²) in [4.78, 5) is 36.2. The first kappa shape index (κ1) is 18.0. The number of carbonyl (C=O) groups is 3. The number of hydrogen-bond donors (Lipinski definition) is 3. The minimum Gasteiger partial charge on any atom is -0.472 e. The molecule has 2 aromatic rings. The molecule has 3 rings (SSSR count). The highest BCUT2D eigenvalue weighted by atomic mass is 35.5. The summed E-state index contributed by atoms with van der Waals surface area (Å²) in [6.45, 7) is 1.56. The van der Waals surface area contributed by atoms with Gasteiger partial charge in [0.15, 0.2) is 0 Å². The minimum atomic E-state index is -0.769. The van der Waals surface area contributed by atoms with Crippen molar-refractivity contribution in [2.75, 3.05) is 5.32 Å². The van der Waals surface area contributed by atoms with Gasteiger partial charge in [0.2, 0.25) is 5.91 Å². The normalized spacial score (nSPS) is 14.4. The molecule has 1 aliphatic rings. The summed E-state index contributed by atoms with van der Waals surface area (Å²) >= 11 is 6.15. The number of nitrogens with one attached hydrogen (secondary N) is 3. The summed E-state index contributed by atoms with van der Waals surface area (Å²) in [5.74, 6) is -1.05. The Kier molecular flexibility index (Phi) is 5.27. The zero-order valence-electron chi connectivity index (χ0n) is 14.0. The van der Waals surface area contributed by atoms with Crippen molar-refractivity contribution in [2.24, 2.45) is 0 Å². The van der Waals surface area contributed by atoms with Gasteiger partial charge < -0.3 is 20.4 Å². The van der Waals surface area contributed by atoms with Gasteiger partial charge in [0.1, 0.15) is 12.3 Å². The lowest BCUT2D eigenvalue weighted by Gasteiger charge is -2.14. The quantitative estimate of drug-likeness (QED) is 0.722. The summed E-state index contributed by atoms with van der Waals surface area (Å²) in [5, 5.41) is 8.33. The number of furan rings is 1. The highest BCUT2D eigenvalue weighted by Gasteiger charge is 2.25. The molecule has 3 N–H and O–H groups in total. The molecule has 1 aliphatic carbocycles. The second kappa shape index (κ2) is 7.61. The first-order valence-corrected chi connectivity index (χ1v) is 8.56. The molecule has 0 bridgehead atoms. The van der Waals surface area contributed by atoms with E-state index >= 15 is 0 Å². The molecule has 1 atom stereocenters. The van der Waals surface area contributed by atoms with Gasteiger partial charge in [0.05, 0.1) is 22.4 Å². The lowest BCUT2D eigenvalue weighted by atomic mass is 10.1. The largest absolute Gasteiger partial charge is 0.472 e. The SMILES string of the molecule is C[C@@H](NC(=O)c1ccoc1)C(=O)Nc1ccc(C(=O)NC2CC2)c(Cl)c1. The molecule has 0 aliphatic heterocycles. The van der Waals surface area contributed by atoms with Crippen LogP contribution in [0.15, 0.2) is 41.2 Å². The van der Waals surface area contributed by atoms with E-state index in [0.717, 1.165) is 12.8 Å². The molecule has 136 valence electrons. The predicted octanol–water partition coefficient (Wildman–Crippen LogP) is 2.58. The zero-order valence-corrected chi connectivity index (χ0v) is 14.8. The van der Waals surface area contributed by atoms with Gasteiger partial charge in [-0.05, 0) is 44.0 Å². The van der Waals surface area contributed by atoms with Crippen molar-refractivity contribution in [1.82, 2.24) is 10.6 Å². The zero-order chi connectivity index (χ0) is 18.7. The predicted molar refractivity (Wildman–Crippen MR) is 96.2 cm³/mol. The second-order valence-corrected chi connectivity index (χ2v) is 6.55. The van der Waals surface area contributed by atoms with Crippen LogP contribution in [0.5, 0.6) is 0 Å². The molecular weight excluding hydrogens is 358 g/mol. The molecule has 3 amide bonds. The average Bonchev–Trinajstić information content (AvgIpc) is 3.23. The highest BCUT2D eigenvalue weighted by Crippen LogP contribution is 2.24. The van der Waals surface area contributed by atoms with Crippen molar-refractivity contribution in [3.63, 3.8) is 0 Å².